The molecule has 0 radical (unpaired) electrons. The van der Waals surface area contributed by atoms with Crippen LogP contribution in [0.5, 0.6) is 0 Å². The summed E-state index contributed by atoms with van der Waals surface area (Å²) in [6.07, 6.45) is 0.465. The second kappa shape index (κ2) is 5.55. The number of sulfonamides is 1. The molecule has 1 heterocycles. The summed E-state index contributed by atoms with van der Waals surface area (Å²) in [6, 6.07) is 4.02. The molecule has 0 aliphatic heterocycles. The van der Waals surface area contributed by atoms with E-state index in [1.807, 2.05) is 0 Å². The normalized spacial score (nSPS) is 11.2. The fourth-order valence-corrected chi connectivity index (χ4v) is 3.65. The number of carbonyl (C=O) groups is 1. The van der Waals surface area contributed by atoms with Gasteiger partial charge in [0, 0.05) is 0 Å². The number of hydrogen-bond acceptors (Lipinski definition) is 6. The van der Waals surface area contributed by atoms with Crippen LogP contribution in [0.4, 0.5) is 5.13 Å². The zero-order valence-corrected chi connectivity index (χ0v) is 12.0. The molecule has 0 fully saturated rings. The molecule has 0 unspecified atom stereocenters. The third kappa shape index (κ3) is 2.94. The topological polar surface area (TPSA) is 109 Å². The summed E-state index contributed by atoms with van der Waals surface area (Å²) in [4.78, 5) is 10.9. The van der Waals surface area contributed by atoms with Crippen molar-refractivity contribution in [2.75, 3.05) is 4.72 Å². The van der Waals surface area contributed by atoms with Gasteiger partial charge in [-0.15, -0.1) is 10.2 Å². The van der Waals surface area contributed by atoms with E-state index in [-0.39, 0.29) is 15.6 Å². The quantitative estimate of drug-likeness (QED) is 0.867. The van der Waals surface area contributed by atoms with Gasteiger partial charge in [-0.25, -0.2) is 13.2 Å². The van der Waals surface area contributed by atoms with Crippen molar-refractivity contribution in [3.63, 3.8) is 0 Å². The van der Waals surface area contributed by atoms with Gasteiger partial charge in [0.25, 0.3) is 10.0 Å². The molecule has 2 aromatic rings. The van der Waals surface area contributed by atoms with E-state index < -0.39 is 16.0 Å². The highest BCUT2D eigenvalue weighted by Gasteiger charge is 2.21. The van der Waals surface area contributed by atoms with E-state index in [9.17, 15) is 13.2 Å². The van der Waals surface area contributed by atoms with Crippen molar-refractivity contribution in [3.05, 3.63) is 34.8 Å². The van der Waals surface area contributed by atoms with Crippen molar-refractivity contribution in [1.82, 2.24) is 10.2 Å². The Bertz CT molecular complexity index is 726. The van der Waals surface area contributed by atoms with Gasteiger partial charge in [0.2, 0.25) is 5.13 Å². The number of rotatable bonds is 5. The molecule has 0 saturated carbocycles. The van der Waals surface area contributed by atoms with Gasteiger partial charge >= 0.3 is 5.97 Å². The lowest BCUT2D eigenvalue weighted by Gasteiger charge is -2.10. The van der Waals surface area contributed by atoms with Crippen molar-refractivity contribution in [3.8, 4) is 0 Å². The number of aryl methyl sites for hydroxylation is 1. The smallest absolute Gasteiger partial charge is 0.335 e. The van der Waals surface area contributed by atoms with Crippen LogP contribution >= 0.6 is 11.3 Å². The molecule has 2 N–H and O–H groups in total. The number of hydrogen-bond donors (Lipinski definition) is 2. The van der Waals surface area contributed by atoms with Crippen LogP contribution in [0, 0.1) is 0 Å². The van der Waals surface area contributed by atoms with Crippen LogP contribution in [0.2, 0.25) is 0 Å². The van der Waals surface area contributed by atoms with E-state index in [1.165, 1.54) is 17.6 Å². The van der Waals surface area contributed by atoms with Crippen molar-refractivity contribution < 1.29 is 18.3 Å². The molecule has 0 aliphatic carbocycles. The second-order valence-electron chi connectivity index (χ2n) is 3.83. The summed E-state index contributed by atoms with van der Waals surface area (Å²) >= 11 is 1.04. The van der Waals surface area contributed by atoms with Crippen LogP contribution in [0.1, 0.15) is 22.8 Å². The van der Waals surface area contributed by atoms with Gasteiger partial charge in [0.15, 0.2) is 0 Å². The molecule has 1 aromatic heterocycles. The first-order chi connectivity index (χ1) is 9.44. The minimum absolute atomic E-state index is 0.0601. The summed E-state index contributed by atoms with van der Waals surface area (Å²) in [5, 5.41) is 16.2. The Kier molecular flexibility index (Phi) is 4.00. The summed E-state index contributed by atoms with van der Waals surface area (Å²) in [5.41, 5.74) is 1.85. The van der Waals surface area contributed by atoms with Gasteiger partial charge in [0.05, 0.1) is 10.5 Å². The molecule has 0 amide bonds. The van der Waals surface area contributed by atoms with Crippen LogP contribution < -0.4 is 4.72 Å². The van der Waals surface area contributed by atoms with Gasteiger partial charge < -0.3 is 5.11 Å². The highest BCUT2D eigenvalue weighted by molar-refractivity contribution is 7.93. The molecular formula is C11H11N3O4S2. The van der Waals surface area contributed by atoms with Crippen molar-refractivity contribution in [2.24, 2.45) is 0 Å². The molecule has 2 rings (SSSR count). The number of carboxylic acid groups (broad SMARTS) is 1. The zero-order chi connectivity index (χ0) is 14.8. The van der Waals surface area contributed by atoms with Gasteiger partial charge in [-0.3, -0.25) is 4.72 Å². The Labute approximate surface area is 119 Å². The molecular weight excluding hydrogens is 302 g/mol. The van der Waals surface area contributed by atoms with Crippen LogP contribution in [0.3, 0.4) is 0 Å². The lowest BCUT2D eigenvalue weighted by molar-refractivity contribution is 0.0696. The molecule has 0 saturated heterocycles. The lowest BCUT2D eigenvalue weighted by atomic mass is 10.1. The predicted octanol–water partition coefficient (Wildman–Crippen LogP) is 1.60. The number of anilines is 1. The third-order valence-electron chi connectivity index (χ3n) is 2.57. The average molecular weight is 313 g/mol. The van der Waals surface area contributed by atoms with Gasteiger partial charge in [-0.2, -0.15) is 0 Å². The van der Waals surface area contributed by atoms with Crippen LogP contribution in [0.15, 0.2) is 28.6 Å². The maximum absolute atomic E-state index is 12.3. The van der Waals surface area contributed by atoms with E-state index in [0.717, 1.165) is 17.4 Å². The number of aromatic nitrogens is 2. The van der Waals surface area contributed by atoms with Crippen molar-refractivity contribution in [2.45, 2.75) is 18.2 Å². The van der Waals surface area contributed by atoms with Crippen LogP contribution in [-0.2, 0) is 16.4 Å². The Hall–Kier alpha value is -2.00. The number of benzene rings is 1. The fourth-order valence-electron chi connectivity index (χ4n) is 1.62. The predicted molar refractivity (Wildman–Crippen MR) is 73.5 cm³/mol. The summed E-state index contributed by atoms with van der Waals surface area (Å²) < 4.78 is 26.9. The average Bonchev–Trinajstić information content (AvgIpc) is 2.90. The van der Waals surface area contributed by atoms with Gasteiger partial charge in [0.1, 0.15) is 5.51 Å². The van der Waals surface area contributed by atoms with E-state index in [4.69, 9.17) is 5.11 Å². The largest absolute Gasteiger partial charge is 0.478 e. The minimum atomic E-state index is -3.89. The first-order valence-corrected chi connectivity index (χ1v) is 7.95. The molecule has 1 aromatic carbocycles. The van der Waals surface area contributed by atoms with Gasteiger partial charge in [-0.1, -0.05) is 24.3 Å². The lowest BCUT2D eigenvalue weighted by Crippen LogP contribution is -2.16. The van der Waals surface area contributed by atoms with Crippen LogP contribution in [0.25, 0.3) is 0 Å². The third-order valence-corrected chi connectivity index (χ3v) is 4.72. The molecule has 7 nitrogen and oxygen atoms in total. The Morgan fingerprint density at radius 3 is 2.75 bits per heavy atom. The first-order valence-electron chi connectivity index (χ1n) is 5.59. The molecule has 106 valence electrons. The number of aromatic carboxylic acids is 1. The maximum Gasteiger partial charge on any atom is 0.335 e. The minimum Gasteiger partial charge on any atom is -0.478 e. The molecule has 0 atom stereocenters. The highest BCUT2D eigenvalue weighted by Crippen LogP contribution is 2.22. The van der Waals surface area contributed by atoms with Crippen LogP contribution in [-0.4, -0.2) is 29.7 Å². The molecule has 20 heavy (non-hydrogen) atoms. The van der Waals surface area contributed by atoms with E-state index in [1.54, 1.807) is 6.92 Å². The molecule has 0 bridgehead atoms. The molecule has 9 heteroatoms. The SMILES string of the molecule is CCc1ccc(C(=O)O)cc1S(=O)(=O)Nc1nncs1. The molecule has 0 aliphatic rings. The molecule has 0 spiro atoms. The highest BCUT2D eigenvalue weighted by atomic mass is 32.2. The van der Waals surface area contributed by atoms with E-state index >= 15 is 0 Å². The Balaban J connectivity index is 2.48. The maximum atomic E-state index is 12.3. The summed E-state index contributed by atoms with van der Waals surface area (Å²) in [7, 11) is -3.89. The Morgan fingerprint density at radius 2 is 2.20 bits per heavy atom. The second-order valence-corrected chi connectivity index (χ2v) is 6.31. The number of carboxylic acids is 1. The van der Waals surface area contributed by atoms with Crippen molar-refractivity contribution in [1.29, 1.82) is 0 Å². The monoisotopic (exact) mass is 313 g/mol. The van der Waals surface area contributed by atoms with E-state index in [2.05, 4.69) is 14.9 Å². The number of nitrogens with zero attached hydrogens (tertiary/aromatic N) is 2. The summed E-state index contributed by atoms with van der Waals surface area (Å²) in [6.45, 7) is 1.79. The first kappa shape index (κ1) is 14.4. The van der Waals surface area contributed by atoms with Crippen molar-refractivity contribution >= 4 is 32.5 Å². The fraction of sp³-hybridized carbons (Fsp3) is 0.182. The van der Waals surface area contributed by atoms with E-state index in [0.29, 0.717) is 12.0 Å². The Morgan fingerprint density at radius 1 is 1.45 bits per heavy atom. The zero-order valence-electron chi connectivity index (χ0n) is 10.4. The van der Waals surface area contributed by atoms with Gasteiger partial charge in [-0.05, 0) is 24.1 Å². The standard InChI is InChI=1S/C11H11N3O4S2/c1-2-7-3-4-8(10(15)16)5-9(7)20(17,18)14-11-13-12-6-19-11/h3-6H,2H2,1H3,(H,13,14)(H,15,16). The summed E-state index contributed by atoms with van der Waals surface area (Å²) in [5.74, 6) is -1.18. The number of nitrogens with one attached hydrogen (secondary N) is 1.